The standard InChI is InChI=1S/C13H14N6/c1-3-10(2)19-5-4-11(17-19)8-18-9-16-12(6-14)13(18)7-15/h4-5,9-10H,3,8H2,1-2H3. The van der Waals surface area contributed by atoms with Gasteiger partial charge in [0.05, 0.1) is 18.6 Å². The third-order valence-corrected chi connectivity index (χ3v) is 3.09. The maximum absolute atomic E-state index is 9.04. The fourth-order valence-corrected chi connectivity index (χ4v) is 1.77. The van der Waals surface area contributed by atoms with Gasteiger partial charge in [0.25, 0.3) is 0 Å². The second-order valence-corrected chi connectivity index (χ2v) is 4.34. The van der Waals surface area contributed by atoms with E-state index in [1.807, 2.05) is 29.1 Å². The molecule has 0 N–H and O–H groups in total. The summed E-state index contributed by atoms with van der Waals surface area (Å²) in [7, 11) is 0. The molecule has 0 saturated heterocycles. The Hall–Kier alpha value is -2.60. The zero-order chi connectivity index (χ0) is 13.8. The molecular formula is C13H14N6. The molecule has 0 aliphatic carbocycles. The minimum atomic E-state index is 0.156. The van der Waals surface area contributed by atoms with Crippen LogP contribution in [0.5, 0.6) is 0 Å². The van der Waals surface area contributed by atoms with Crippen molar-refractivity contribution in [3.63, 3.8) is 0 Å². The molecule has 0 spiro atoms. The summed E-state index contributed by atoms with van der Waals surface area (Å²) < 4.78 is 3.55. The number of hydrogen-bond donors (Lipinski definition) is 0. The molecule has 2 aromatic heterocycles. The topological polar surface area (TPSA) is 83.2 Å². The molecule has 1 atom stereocenters. The van der Waals surface area contributed by atoms with Crippen molar-refractivity contribution in [1.29, 1.82) is 10.5 Å². The predicted molar refractivity (Wildman–Crippen MR) is 68.0 cm³/mol. The normalized spacial score (nSPS) is 11.8. The van der Waals surface area contributed by atoms with Gasteiger partial charge in [-0.15, -0.1) is 0 Å². The van der Waals surface area contributed by atoms with E-state index in [2.05, 4.69) is 23.9 Å². The average molecular weight is 254 g/mol. The Bertz CT molecular complexity index is 651. The summed E-state index contributed by atoms with van der Waals surface area (Å²) in [6, 6.07) is 6.17. The summed E-state index contributed by atoms with van der Waals surface area (Å²) in [6.07, 6.45) is 4.44. The van der Waals surface area contributed by atoms with Crippen molar-refractivity contribution in [2.45, 2.75) is 32.9 Å². The van der Waals surface area contributed by atoms with Crippen molar-refractivity contribution in [2.75, 3.05) is 0 Å². The molecule has 0 bridgehead atoms. The highest BCUT2D eigenvalue weighted by molar-refractivity contribution is 5.36. The Morgan fingerprint density at radius 1 is 1.37 bits per heavy atom. The summed E-state index contributed by atoms with van der Waals surface area (Å²) in [4.78, 5) is 3.90. The van der Waals surface area contributed by atoms with Gasteiger partial charge in [0.2, 0.25) is 0 Å². The van der Waals surface area contributed by atoms with Gasteiger partial charge in [-0.1, -0.05) is 6.92 Å². The van der Waals surface area contributed by atoms with Crippen LogP contribution >= 0.6 is 0 Å². The van der Waals surface area contributed by atoms with Gasteiger partial charge in [-0.05, 0) is 19.4 Å². The van der Waals surface area contributed by atoms with Crippen LogP contribution in [-0.2, 0) is 6.54 Å². The van der Waals surface area contributed by atoms with Crippen molar-refractivity contribution in [2.24, 2.45) is 0 Å². The Morgan fingerprint density at radius 3 is 2.79 bits per heavy atom. The van der Waals surface area contributed by atoms with Crippen LogP contribution in [0.2, 0.25) is 0 Å². The molecule has 0 saturated carbocycles. The molecule has 96 valence electrons. The second-order valence-electron chi connectivity index (χ2n) is 4.34. The molecule has 19 heavy (non-hydrogen) atoms. The van der Waals surface area contributed by atoms with E-state index < -0.39 is 0 Å². The van der Waals surface area contributed by atoms with Crippen LogP contribution in [-0.4, -0.2) is 19.3 Å². The Balaban J connectivity index is 2.23. The lowest BCUT2D eigenvalue weighted by Gasteiger charge is -2.08. The molecule has 0 radical (unpaired) electrons. The number of rotatable bonds is 4. The maximum Gasteiger partial charge on any atom is 0.176 e. The molecule has 0 aromatic carbocycles. The molecule has 2 heterocycles. The molecule has 2 aromatic rings. The fourth-order valence-electron chi connectivity index (χ4n) is 1.77. The molecule has 0 aliphatic heterocycles. The van der Waals surface area contributed by atoms with Crippen LogP contribution in [0.15, 0.2) is 18.6 Å². The van der Waals surface area contributed by atoms with E-state index in [-0.39, 0.29) is 11.4 Å². The molecule has 1 unspecified atom stereocenters. The van der Waals surface area contributed by atoms with Gasteiger partial charge in [0, 0.05) is 12.2 Å². The fraction of sp³-hybridized carbons (Fsp3) is 0.385. The molecular weight excluding hydrogens is 240 g/mol. The van der Waals surface area contributed by atoms with Crippen LogP contribution in [0, 0.1) is 22.7 Å². The molecule has 0 fully saturated rings. The third-order valence-electron chi connectivity index (χ3n) is 3.09. The van der Waals surface area contributed by atoms with Crippen LogP contribution in [0.25, 0.3) is 0 Å². The average Bonchev–Trinajstić information content (AvgIpc) is 3.04. The number of hydrogen-bond acceptors (Lipinski definition) is 4. The smallest absolute Gasteiger partial charge is 0.176 e. The Morgan fingerprint density at radius 2 is 2.16 bits per heavy atom. The van der Waals surface area contributed by atoms with Gasteiger partial charge in [-0.3, -0.25) is 4.68 Å². The first-order valence-electron chi connectivity index (χ1n) is 6.09. The molecule has 6 nitrogen and oxygen atoms in total. The van der Waals surface area contributed by atoms with Crippen LogP contribution in [0.1, 0.15) is 43.4 Å². The number of aromatic nitrogens is 4. The monoisotopic (exact) mass is 254 g/mol. The summed E-state index contributed by atoms with van der Waals surface area (Å²) in [6.45, 7) is 4.65. The first kappa shape index (κ1) is 12.8. The first-order valence-corrected chi connectivity index (χ1v) is 6.09. The minimum Gasteiger partial charge on any atom is -0.315 e. The van der Waals surface area contributed by atoms with Gasteiger partial charge in [0.15, 0.2) is 11.4 Å². The summed E-state index contributed by atoms with van der Waals surface area (Å²) in [5, 5.41) is 22.3. The lowest BCUT2D eigenvalue weighted by atomic mass is 10.3. The highest BCUT2D eigenvalue weighted by Crippen LogP contribution is 2.12. The summed E-state index contributed by atoms with van der Waals surface area (Å²) in [5.74, 6) is 0. The van der Waals surface area contributed by atoms with Crippen LogP contribution in [0.4, 0.5) is 0 Å². The minimum absolute atomic E-state index is 0.156. The Kier molecular flexibility index (Phi) is 3.63. The number of nitriles is 2. The number of nitrogens with zero attached hydrogens (tertiary/aromatic N) is 6. The zero-order valence-corrected chi connectivity index (χ0v) is 10.9. The third kappa shape index (κ3) is 2.48. The van der Waals surface area contributed by atoms with E-state index in [9.17, 15) is 0 Å². The van der Waals surface area contributed by atoms with Crippen molar-refractivity contribution in [3.8, 4) is 12.1 Å². The van der Waals surface area contributed by atoms with Gasteiger partial charge in [-0.2, -0.15) is 15.6 Å². The Labute approximate surface area is 111 Å². The SMILES string of the molecule is CCC(C)n1ccc(Cn2cnc(C#N)c2C#N)n1. The van der Waals surface area contributed by atoms with Gasteiger partial charge >= 0.3 is 0 Å². The molecule has 0 amide bonds. The first-order chi connectivity index (χ1) is 9.19. The largest absolute Gasteiger partial charge is 0.315 e. The van der Waals surface area contributed by atoms with E-state index in [1.54, 1.807) is 4.57 Å². The van der Waals surface area contributed by atoms with Crippen molar-refractivity contribution < 1.29 is 0 Å². The van der Waals surface area contributed by atoms with Crippen LogP contribution < -0.4 is 0 Å². The molecule has 2 rings (SSSR count). The quantitative estimate of drug-likeness (QED) is 0.833. The maximum atomic E-state index is 9.04. The second kappa shape index (κ2) is 5.36. The summed E-state index contributed by atoms with van der Waals surface area (Å²) in [5.41, 5.74) is 1.28. The predicted octanol–water partition coefficient (Wildman–Crippen LogP) is 1.84. The lowest BCUT2D eigenvalue weighted by molar-refractivity contribution is 0.472. The van der Waals surface area contributed by atoms with Gasteiger partial charge in [0.1, 0.15) is 12.1 Å². The van der Waals surface area contributed by atoms with E-state index in [0.29, 0.717) is 12.6 Å². The summed E-state index contributed by atoms with van der Waals surface area (Å²) >= 11 is 0. The molecule has 6 heteroatoms. The lowest BCUT2D eigenvalue weighted by Crippen LogP contribution is -2.07. The van der Waals surface area contributed by atoms with E-state index in [1.165, 1.54) is 6.33 Å². The molecule has 0 aliphatic rings. The van der Waals surface area contributed by atoms with E-state index in [4.69, 9.17) is 10.5 Å². The van der Waals surface area contributed by atoms with Crippen molar-refractivity contribution >= 4 is 0 Å². The van der Waals surface area contributed by atoms with Gasteiger partial charge in [-0.25, -0.2) is 4.98 Å². The van der Waals surface area contributed by atoms with Crippen molar-refractivity contribution in [3.05, 3.63) is 35.7 Å². The van der Waals surface area contributed by atoms with Crippen LogP contribution in [0.3, 0.4) is 0 Å². The zero-order valence-electron chi connectivity index (χ0n) is 10.9. The van der Waals surface area contributed by atoms with Gasteiger partial charge < -0.3 is 4.57 Å². The van der Waals surface area contributed by atoms with E-state index in [0.717, 1.165) is 12.1 Å². The highest BCUT2D eigenvalue weighted by Gasteiger charge is 2.11. The van der Waals surface area contributed by atoms with Crippen molar-refractivity contribution in [1.82, 2.24) is 19.3 Å². The number of imidazole rings is 1. The highest BCUT2D eigenvalue weighted by atomic mass is 15.3. The van der Waals surface area contributed by atoms with E-state index >= 15 is 0 Å².